The molecule has 0 radical (unpaired) electrons. The first-order chi connectivity index (χ1) is 13.4. The Hall–Kier alpha value is -2.48. The Kier molecular flexibility index (Phi) is 5.05. The lowest BCUT2D eigenvalue weighted by Gasteiger charge is -2.35. The molecular formula is C20H24N4O3S. The number of fused-ring (bicyclic) bond motifs is 4. The molecule has 7 nitrogen and oxygen atoms in total. The van der Waals surface area contributed by atoms with Gasteiger partial charge in [-0.15, -0.1) is 11.3 Å². The molecule has 8 heteroatoms. The molecule has 2 aromatic rings. The molecule has 3 saturated heterocycles. The predicted molar refractivity (Wildman–Crippen MR) is 106 cm³/mol. The molecular weight excluding hydrogens is 376 g/mol. The summed E-state index contributed by atoms with van der Waals surface area (Å²) >= 11 is 1.52. The second-order valence-corrected chi connectivity index (χ2v) is 8.61. The summed E-state index contributed by atoms with van der Waals surface area (Å²) in [5.41, 5.74) is 3.64. The van der Waals surface area contributed by atoms with Crippen molar-refractivity contribution in [1.29, 1.82) is 0 Å². The second kappa shape index (κ2) is 7.50. The SMILES string of the molecule is CC(C)c1[nH]c(=O)ccc1C(=O)N1C[C@@H]2CC[C@H](C1)N(Cc1cscn1)C2=O. The molecule has 3 aliphatic heterocycles. The molecule has 0 spiro atoms. The minimum Gasteiger partial charge on any atom is -0.336 e. The van der Waals surface area contributed by atoms with Crippen molar-refractivity contribution < 1.29 is 9.59 Å². The normalized spacial score (nSPS) is 22.0. The summed E-state index contributed by atoms with van der Waals surface area (Å²) in [6, 6.07) is 3.01. The average molecular weight is 401 g/mol. The number of hydrogen-bond donors (Lipinski definition) is 1. The van der Waals surface area contributed by atoms with Gasteiger partial charge in [0.2, 0.25) is 11.5 Å². The van der Waals surface area contributed by atoms with E-state index in [1.807, 2.05) is 24.1 Å². The van der Waals surface area contributed by atoms with Gasteiger partial charge in [0.15, 0.2) is 0 Å². The van der Waals surface area contributed by atoms with Gasteiger partial charge in [-0.05, 0) is 24.8 Å². The van der Waals surface area contributed by atoms with Crippen molar-refractivity contribution in [2.75, 3.05) is 13.1 Å². The van der Waals surface area contributed by atoms with E-state index >= 15 is 0 Å². The zero-order valence-electron chi connectivity index (χ0n) is 16.1. The number of piperidine rings is 1. The minimum absolute atomic E-state index is 0.00200. The van der Waals surface area contributed by atoms with Crippen molar-refractivity contribution in [3.8, 4) is 0 Å². The molecule has 1 N–H and O–H groups in total. The van der Waals surface area contributed by atoms with Gasteiger partial charge < -0.3 is 14.8 Å². The highest BCUT2D eigenvalue weighted by atomic mass is 32.1. The van der Waals surface area contributed by atoms with Gasteiger partial charge in [-0.1, -0.05) is 13.8 Å². The number of carbonyl (C=O) groups excluding carboxylic acids is 2. The maximum absolute atomic E-state index is 13.3. The fraction of sp³-hybridized carbons (Fsp3) is 0.500. The number of H-pyrrole nitrogens is 1. The van der Waals surface area contributed by atoms with Gasteiger partial charge in [0.05, 0.1) is 29.2 Å². The molecule has 5 rings (SSSR count). The first-order valence-electron chi connectivity index (χ1n) is 9.64. The number of nitrogens with zero attached hydrogens (tertiary/aromatic N) is 3. The van der Waals surface area contributed by atoms with Crippen molar-refractivity contribution in [3.63, 3.8) is 0 Å². The summed E-state index contributed by atoms with van der Waals surface area (Å²) in [6.45, 7) is 5.35. The van der Waals surface area contributed by atoms with Gasteiger partial charge in [-0.25, -0.2) is 4.98 Å². The third kappa shape index (κ3) is 3.48. The first kappa shape index (κ1) is 18.9. The summed E-state index contributed by atoms with van der Waals surface area (Å²) in [5.74, 6) is -0.142. The Bertz CT molecular complexity index is 937. The van der Waals surface area contributed by atoms with Crippen LogP contribution in [-0.2, 0) is 11.3 Å². The molecule has 3 aliphatic rings. The van der Waals surface area contributed by atoms with E-state index in [2.05, 4.69) is 9.97 Å². The van der Waals surface area contributed by atoms with Crippen LogP contribution in [0.4, 0.5) is 0 Å². The largest absolute Gasteiger partial charge is 0.336 e. The van der Waals surface area contributed by atoms with E-state index in [0.717, 1.165) is 18.5 Å². The molecule has 0 saturated carbocycles. The first-order valence-corrected chi connectivity index (χ1v) is 10.6. The topological polar surface area (TPSA) is 86.4 Å². The fourth-order valence-electron chi connectivity index (χ4n) is 4.21. The third-order valence-electron chi connectivity index (χ3n) is 5.65. The van der Waals surface area contributed by atoms with Gasteiger partial charge in [-0.3, -0.25) is 14.4 Å². The smallest absolute Gasteiger partial charge is 0.255 e. The molecule has 0 aromatic carbocycles. The van der Waals surface area contributed by atoms with Crippen molar-refractivity contribution in [2.45, 2.75) is 45.2 Å². The molecule has 148 valence electrons. The molecule has 28 heavy (non-hydrogen) atoms. The van der Waals surface area contributed by atoms with Crippen LogP contribution in [0, 0.1) is 5.92 Å². The Morgan fingerprint density at radius 2 is 2.11 bits per heavy atom. The van der Waals surface area contributed by atoms with Crippen molar-refractivity contribution >= 4 is 23.2 Å². The molecule has 2 amide bonds. The predicted octanol–water partition coefficient (Wildman–Crippen LogP) is 2.22. The van der Waals surface area contributed by atoms with Gasteiger partial charge in [0, 0.05) is 36.3 Å². The molecule has 3 fully saturated rings. The number of rotatable bonds is 4. The number of carbonyl (C=O) groups is 2. The minimum atomic E-state index is -0.208. The lowest BCUT2D eigenvalue weighted by Crippen LogP contribution is -2.47. The van der Waals surface area contributed by atoms with E-state index in [1.165, 1.54) is 17.4 Å². The number of aromatic amines is 1. The van der Waals surface area contributed by atoms with Crippen molar-refractivity contribution in [3.05, 3.63) is 50.3 Å². The van der Waals surface area contributed by atoms with E-state index in [0.29, 0.717) is 30.9 Å². The van der Waals surface area contributed by atoms with E-state index in [9.17, 15) is 14.4 Å². The summed E-state index contributed by atoms with van der Waals surface area (Å²) in [5, 5.41) is 1.96. The molecule has 2 atom stereocenters. The summed E-state index contributed by atoms with van der Waals surface area (Å²) in [7, 11) is 0. The number of hydrogen-bond acceptors (Lipinski definition) is 5. The van der Waals surface area contributed by atoms with Crippen LogP contribution in [-0.4, -0.2) is 50.7 Å². The zero-order valence-corrected chi connectivity index (χ0v) is 16.9. The molecule has 2 aromatic heterocycles. The van der Waals surface area contributed by atoms with Crippen molar-refractivity contribution in [2.24, 2.45) is 5.92 Å². The number of nitrogens with one attached hydrogen (secondary N) is 1. The fourth-order valence-corrected chi connectivity index (χ4v) is 4.76. The highest BCUT2D eigenvalue weighted by Crippen LogP contribution is 2.31. The number of pyridine rings is 1. The molecule has 5 heterocycles. The third-order valence-corrected chi connectivity index (χ3v) is 6.29. The maximum Gasteiger partial charge on any atom is 0.255 e. The number of thiazole rings is 1. The van der Waals surface area contributed by atoms with E-state index in [4.69, 9.17) is 0 Å². The Balaban J connectivity index is 1.60. The van der Waals surface area contributed by atoms with Gasteiger partial charge in [0.1, 0.15) is 0 Å². The highest BCUT2D eigenvalue weighted by Gasteiger charge is 2.42. The highest BCUT2D eigenvalue weighted by molar-refractivity contribution is 7.07. The van der Waals surface area contributed by atoms with Crippen LogP contribution in [0.3, 0.4) is 0 Å². The molecule has 0 unspecified atom stereocenters. The van der Waals surface area contributed by atoms with Crippen LogP contribution in [0.1, 0.15) is 54.4 Å². The van der Waals surface area contributed by atoms with Crippen molar-refractivity contribution in [1.82, 2.24) is 19.8 Å². The summed E-state index contributed by atoms with van der Waals surface area (Å²) < 4.78 is 0. The Morgan fingerprint density at radius 3 is 2.82 bits per heavy atom. The van der Waals surface area contributed by atoms with Crippen LogP contribution in [0.15, 0.2) is 27.8 Å². The summed E-state index contributed by atoms with van der Waals surface area (Å²) in [6.07, 6.45) is 1.70. The standard InChI is InChI=1S/C20H24N4O3S/c1-12(2)18-16(5-6-17(25)22-18)20(27)23-7-13-3-4-15(9-23)24(19(13)26)8-14-10-28-11-21-14/h5-6,10-13,15H,3-4,7-9H2,1-2H3,(H,22,25)/t13-,15+/m0/s1. The van der Waals surface area contributed by atoms with Crippen LogP contribution in [0.5, 0.6) is 0 Å². The lowest BCUT2D eigenvalue weighted by atomic mass is 9.94. The van der Waals surface area contributed by atoms with Gasteiger partial charge >= 0.3 is 0 Å². The lowest BCUT2D eigenvalue weighted by molar-refractivity contribution is -0.140. The van der Waals surface area contributed by atoms with Crippen LogP contribution in [0.2, 0.25) is 0 Å². The van der Waals surface area contributed by atoms with Gasteiger partial charge in [-0.2, -0.15) is 0 Å². The quantitative estimate of drug-likeness (QED) is 0.853. The van der Waals surface area contributed by atoms with Crippen LogP contribution < -0.4 is 5.56 Å². The Morgan fingerprint density at radius 1 is 1.29 bits per heavy atom. The van der Waals surface area contributed by atoms with Crippen LogP contribution in [0.25, 0.3) is 0 Å². The Labute approximate surface area is 167 Å². The average Bonchev–Trinajstić information content (AvgIpc) is 3.04. The number of amides is 2. The summed E-state index contributed by atoms with van der Waals surface area (Å²) in [4.78, 5) is 48.8. The molecule has 2 bridgehead atoms. The van der Waals surface area contributed by atoms with Crippen LogP contribution >= 0.6 is 11.3 Å². The van der Waals surface area contributed by atoms with E-state index in [-0.39, 0.29) is 35.3 Å². The number of aromatic nitrogens is 2. The maximum atomic E-state index is 13.3. The second-order valence-electron chi connectivity index (χ2n) is 7.89. The van der Waals surface area contributed by atoms with E-state index < -0.39 is 0 Å². The van der Waals surface area contributed by atoms with E-state index in [1.54, 1.807) is 16.5 Å². The monoisotopic (exact) mass is 400 g/mol. The van der Waals surface area contributed by atoms with Gasteiger partial charge in [0.25, 0.3) is 5.91 Å². The zero-order chi connectivity index (χ0) is 19.8. The molecule has 0 aliphatic carbocycles.